The van der Waals surface area contributed by atoms with Crippen molar-refractivity contribution in [3.8, 4) is 0 Å². The number of allylic oxidation sites excluding steroid dienone is 1. The van der Waals surface area contributed by atoms with Crippen molar-refractivity contribution >= 4 is 17.4 Å². The quantitative estimate of drug-likeness (QED) is 0.852. The van der Waals surface area contributed by atoms with E-state index in [0.717, 1.165) is 19.3 Å². The van der Waals surface area contributed by atoms with E-state index in [9.17, 15) is 14.0 Å². The first-order valence-electron chi connectivity index (χ1n) is 8.07. The van der Waals surface area contributed by atoms with Gasteiger partial charge >= 0.3 is 0 Å². The molecular weight excluding hydrogens is 295 g/mol. The van der Waals surface area contributed by atoms with Crippen LogP contribution in [0.5, 0.6) is 0 Å². The number of halogens is 1. The summed E-state index contributed by atoms with van der Waals surface area (Å²) in [6, 6.07) is 6.45. The third kappa shape index (κ3) is 3.44. The van der Waals surface area contributed by atoms with Gasteiger partial charge in [-0.3, -0.25) is 9.59 Å². The molecule has 0 aromatic heterocycles. The van der Waals surface area contributed by atoms with Gasteiger partial charge in [-0.25, -0.2) is 4.39 Å². The Morgan fingerprint density at radius 3 is 2.87 bits per heavy atom. The molecular formula is C18H21FN2O2. The zero-order valence-electron chi connectivity index (χ0n) is 13.2. The summed E-state index contributed by atoms with van der Waals surface area (Å²) in [7, 11) is 0. The monoisotopic (exact) mass is 316 g/mol. The number of carbonyl (C=O) groups is 2. The topological polar surface area (TPSA) is 49.4 Å². The zero-order chi connectivity index (χ0) is 16.4. The van der Waals surface area contributed by atoms with Crippen molar-refractivity contribution in [2.45, 2.75) is 32.2 Å². The minimum Gasteiger partial charge on any atom is -0.351 e. The molecule has 0 aliphatic carbocycles. The number of fused-ring (bicyclic) bond motifs is 3. The fraction of sp³-hybridized carbons (Fsp3) is 0.444. The van der Waals surface area contributed by atoms with E-state index in [1.54, 1.807) is 30.0 Å². The van der Waals surface area contributed by atoms with Crippen molar-refractivity contribution < 1.29 is 14.0 Å². The van der Waals surface area contributed by atoms with E-state index >= 15 is 0 Å². The molecule has 2 aliphatic rings. The molecule has 2 heterocycles. The van der Waals surface area contributed by atoms with E-state index < -0.39 is 0 Å². The van der Waals surface area contributed by atoms with Crippen LogP contribution in [0.3, 0.4) is 0 Å². The average molecular weight is 316 g/mol. The molecule has 2 aliphatic heterocycles. The van der Waals surface area contributed by atoms with Gasteiger partial charge in [-0.2, -0.15) is 0 Å². The van der Waals surface area contributed by atoms with Crippen molar-refractivity contribution in [1.29, 1.82) is 0 Å². The Balaban J connectivity index is 1.79. The number of amides is 2. The maximum absolute atomic E-state index is 13.8. The van der Waals surface area contributed by atoms with Crippen LogP contribution in [0.25, 0.3) is 5.57 Å². The molecule has 1 aromatic carbocycles. The Morgan fingerprint density at radius 1 is 1.30 bits per heavy atom. The van der Waals surface area contributed by atoms with Gasteiger partial charge in [0.05, 0.1) is 5.92 Å². The summed E-state index contributed by atoms with van der Waals surface area (Å²) < 4.78 is 13.8. The molecule has 2 amide bonds. The fourth-order valence-electron chi connectivity index (χ4n) is 3.37. The highest BCUT2D eigenvalue weighted by Crippen LogP contribution is 2.23. The minimum atomic E-state index is -0.335. The summed E-state index contributed by atoms with van der Waals surface area (Å²) in [6.07, 6.45) is 4.22. The normalized spacial score (nSPS) is 24.9. The minimum absolute atomic E-state index is 0.0288. The number of hydrogen-bond acceptors (Lipinski definition) is 2. The largest absolute Gasteiger partial charge is 0.351 e. The number of nitrogens with one attached hydrogen (secondary N) is 1. The van der Waals surface area contributed by atoms with Crippen molar-refractivity contribution in [3.63, 3.8) is 0 Å². The molecule has 2 unspecified atom stereocenters. The van der Waals surface area contributed by atoms with Crippen molar-refractivity contribution in [2.24, 2.45) is 5.92 Å². The first-order chi connectivity index (χ1) is 11.0. The molecule has 2 saturated heterocycles. The zero-order valence-corrected chi connectivity index (χ0v) is 13.2. The van der Waals surface area contributed by atoms with Crippen LogP contribution in [-0.2, 0) is 9.59 Å². The Bertz CT molecular complexity index is 656. The van der Waals surface area contributed by atoms with E-state index in [1.165, 1.54) is 12.1 Å². The first kappa shape index (κ1) is 15.7. The van der Waals surface area contributed by atoms with Gasteiger partial charge in [0.2, 0.25) is 11.8 Å². The van der Waals surface area contributed by atoms with Crippen LogP contribution < -0.4 is 5.32 Å². The number of carbonyl (C=O) groups excluding carboxylic acids is 2. The lowest BCUT2D eigenvalue weighted by Crippen LogP contribution is -2.41. The van der Waals surface area contributed by atoms with E-state index in [2.05, 4.69) is 5.32 Å². The van der Waals surface area contributed by atoms with Crippen LogP contribution >= 0.6 is 0 Å². The maximum atomic E-state index is 13.8. The summed E-state index contributed by atoms with van der Waals surface area (Å²) in [5.74, 6) is -0.566. The van der Waals surface area contributed by atoms with Gasteiger partial charge in [0.1, 0.15) is 5.82 Å². The third-order valence-electron chi connectivity index (χ3n) is 4.65. The van der Waals surface area contributed by atoms with Gasteiger partial charge in [-0.15, -0.1) is 0 Å². The SMILES string of the molecule is C/C(=C\C(=O)N1CC2CCCC(C1)C(=O)N2)c1ccccc1F. The number of hydrogen-bond donors (Lipinski definition) is 1. The van der Waals surface area contributed by atoms with Crippen LogP contribution in [0, 0.1) is 11.7 Å². The van der Waals surface area contributed by atoms with Gasteiger partial charge in [0, 0.05) is 30.8 Å². The summed E-state index contributed by atoms with van der Waals surface area (Å²) in [6.45, 7) is 2.71. The van der Waals surface area contributed by atoms with Gasteiger partial charge in [0.15, 0.2) is 0 Å². The van der Waals surface area contributed by atoms with Crippen LogP contribution in [0.2, 0.25) is 0 Å². The van der Waals surface area contributed by atoms with Crippen molar-refractivity contribution in [3.05, 3.63) is 41.7 Å². The van der Waals surface area contributed by atoms with Crippen LogP contribution in [0.15, 0.2) is 30.3 Å². The lowest BCUT2D eigenvalue weighted by molar-refractivity contribution is -0.128. The van der Waals surface area contributed by atoms with E-state index in [1.807, 2.05) is 0 Å². The number of benzene rings is 1. The molecule has 1 N–H and O–H groups in total. The van der Waals surface area contributed by atoms with Gasteiger partial charge < -0.3 is 10.2 Å². The first-order valence-corrected chi connectivity index (χ1v) is 8.07. The molecule has 3 rings (SSSR count). The molecule has 2 atom stereocenters. The second kappa shape index (κ2) is 6.52. The molecule has 0 radical (unpaired) electrons. The van der Waals surface area contributed by atoms with E-state index in [0.29, 0.717) is 24.2 Å². The van der Waals surface area contributed by atoms with Crippen molar-refractivity contribution in [2.75, 3.05) is 13.1 Å². The summed E-state index contributed by atoms with van der Waals surface area (Å²) in [4.78, 5) is 26.3. The average Bonchev–Trinajstić information content (AvgIpc) is 2.76. The lowest BCUT2D eigenvalue weighted by Gasteiger charge is -2.26. The van der Waals surface area contributed by atoms with Gasteiger partial charge in [0.25, 0.3) is 0 Å². The predicted octanol–water partition coefficient (Wildman–Crippen LogP) is 2.36. The predicted molar refractivity (Wildman–Crippen MR) is 85.9 cm³/mol. The molecule has 2 fully saturated rings. The molecule has 0 saturated carbocycles. The van der Waals surface area contributed by atoms with E-state index in [4.69, 9.17) is 0 Å². The molecule has 0 spiro atoms. The third-order valence-corrected chi connectivity index (χ3v) is 4.65. The molecule has 122 valence electrons. The smallest absolute Gasteiger partial charge is 0.246 e. The highest BCUT2D eigenvalue weighted by atomic mass is 19.1. The number of nitrogens with zero attached hydrogens (tertiary/aromatic N) is 1. The number of likely N-dealkylation sites (tertiary alicyclic amines) is 1. The Kier molecular flexibility index (Phi) is 4.46. The second-order valence-corrected chi connectivity index (χ2v) is 6.38. The van der Waals surface area contributed by atoms with Crippen molar-refractivity contribution in [1.82, 2.24) is 10.2 Å². The van der Waals surface area contributed by atoms with Crippen LogP contribution in [0.4, 0.5) is 4.39 Å². The summed E-state index contributed by atoms with van der Waals surface area (Å²) in [5, 5.41) is 3.01. The molecule has 5 heteroatoms. The Morgan fingerprint density at radius 2 is 2.09 bits per heavy atom. The summed E-state index contributed by atoms with van der Waals surface area (Å²) >= 11 is 0. The molecule has 1 aromatic rings. The summed E-state index contributed by atoms with van der Waals surface area (Å²) in [5.41, 5.74) is 1.03. The second-order valence-electron chi connectivity index (χ2n) is 6.38. The molecule has 4 nitrogen and oxygen atoms in total. The Hall–Kier alpha value is -2.17. The van der Waals surface area contributed by atoms with Gasteiger partial charge in [-0.05, 0) is 31.4 Å². The van der Waals surface area contributed by atoms with Crippen LogP contribution in [-0.4, -0.2) is 35.8 Å². The van der Waals surface area contributed by atoms with E-state index in [-0.39, 0.29) is 29.6 Å². The maximum Gasteiger partial charge on any atom is 0.246 e. The molecule has 23 heavy (non-hydrogen) atoms. The molecule has 2 bridgehead atoms. The fourth-order valence-corrected chi connectivity index (χ4v) is 3.37. The number of rotatable bonds is 2. The highest BCUT2D eigenvalue weighted by Gasteiger charge is 2.33. The highest BCUT2D eigenvalue weighted by molar-refractivity contribution is 5.95. The Labute approximate surface area is 135 Å². The van der Waals surface area contributed by atoms with Crippen LogP contribution in [0.1, 0.15) is 31.7 Å². The lowest BCUT2D eigenvalue weighted by atomic mass is 9.99. The standard InChI is InChI=1S/C18H21FN2O2/c1-12(15-7-2-3-8-16(15)19)9-17(22)21-10-13-5-4-6-14(11-21)20-18(13)23/h2-3,7-9,13-14H,4-6,10-11H2,1H3,(H,20,23)/b12-9+. The van der Waals surface area contributed by atoms with Gasteiger partial charge in [-0.1, -0.05) is 24.6 Å².